The molecule has 0 radical (unpaired) electrons. The number of ether oxygens (including phenoxy) is 1. The molecule has 1 aliphatic rings. The third-order valence-corrected chi connectivity index (χ3v) is 5.45. The fraction of sp³-hybridized carbons (Fsp3) is 0.286. The van der Waals surface area contributed by atoms with Gasteiger partial charge in [-0.2, -0.15) is 0 Å². The van der Waals surface area contributed by atoms with Crippen molar-refractivity contribution in [2.45, 2.75) is 32.1 Å². The topological polar surface area (TPSA) is 68.5 Å². The largest absolute Gasteiger partial charge is 0.484 e. The summed E-state index contributed by atoms with van der Waals surface area (Å²) in [5.41, 5.74) is 4.39. The maximum absolute atomic E-state index is 12.6. The molecule has 0 saturated heterocycles. The number of hydrogen-bond donors (Lipinski definition) is 0. The Kier molecular flexibility index (Phi) is 5.34. The number of rotatable bonds is 6. The summed E-state index contributed by atoms with van der Waals surface area (Å²) in [5.74, 6) is 1.49. The molecule has 0 N–H and O–H groups in total. The molecule has 0 atom stereocenters. The molecule has 1 aliphatic heterocycles. The van der Waals surface area contributed by atoms with Crippen molar-refractivity contribution in [1.29, 1.82) is 0 Å². The van der Waals surface area contributed by atoms with E-state index in [-0.39, 0.29) is 18.3 Å². The van der Waals surface area contributed by atoms with E-state index in [0.717, 1.165) is 35.5 Å². The van der Waals surface area contributed by atoms with Crippen molar-refractivity contribution in [2.24, 2.45) is 0 Å². The Balaban J connectivity index is 1.31. The number of anilines is 1. The van der Waals surface area contributed by atoms with Gasteiger partial charge < -0.3 is 14.1 Å². The van der Waals surface area contributed by atoms with E-state index < -0.39 is 0 Å². The van der Waals surface area contributed by atoms with E-state index in [2.05, 4.69) is 16.3 Å². The van der Waals surface area contributed by atoms with Crippen molar-refractivity contribution in [3.05, 3.63) is 65.0 Å². The van der Waals surface area contributed by atoms with Gasteiger partial charge >= 0.3 is 0 Å². The molecule has 28 heavy (non-hydrogen) atoms. The summed E-state index contributed by atoms with van der Waals surface area (Å²) in [5, 5.41) is 8.39. The van der Waals surface area contributed by atoms with Gasteiger partial charge in [-0.3, -0.25) is 4.79 Å². The van der Waals surface area contributed by atoms with Gasteiger partial charge in [0.2, 0.25) is 5.91 Å². The normalized spacial score (nSPS) is 12.9. The van der Waals surface area contributed by atoms with E-state index in [9.17, 15) is 4.79 Å². The van der Waals surface area contributed by atoms with Crippen LogP contribution in [0.4, 0.5) is 5.69 Å². The molecule has 0 spiro atoms. The summed E-state index contributed by atoms with van der Waals surface area (Å²) in [6.07, 6.45) is 0.896. The van der Waals surface area contributed by atoms with Crippen LogP contribution in [0.2, 0.25) is 0 Å². The summed E-state index contributed by atoms with van der Waals surface area (Å²) >= 11 is 1.25. The van der Waals surface area contributed by atoms with E-state index in [1.165, 1.54) is 17.3 Å². The Morgan fingerprint density at radius 2 is 2.07 bits per heavy atom. The molecule has 144 valence electrons. The van der Waals surface area contributed by atoms with Crippen LogP contribution in [0.15, 0.2) is 52.1 Å². The van der Waals surface area contributed by atoms with E-state index in [1.807, 2.05) is 55.1 Å². The third-order valence-electron chi connectivity index (χ3n) is 4.65. The number of amides is 1. The minimum Gasteiger partial charge on any atom is -0.484 e. The molecule has 2 heterocycles. The quantitative estimate of drug-likeness (QED) is 0.589. The van der Waals surface area contributed by atoms with E-state index in [4.69, 9.17) is 9.15 Å². The fourth-order valence-corrected chi connectivity index (χ4v) is 3.81. The van der Waals surface area contributed by atoms with E-state index in [1.54, 1.807) is 0 Å². The SMILES string of the molecule is Cc1ccc(C)c(OCc2nnc(SCC(=O)N3CCc4ccccc43)o2)c1. The number of carbonyl (C=O) groups is 1. The third kappa shape index (κ3) is 4.04. The van der Waals surface area contributed by atoms with E-state index >= 15 is 0 Å². The molecule has 0 bridgehead atoms. The second-order valence-electron chi connectivity index (χ2n) is 6.73. The van der Waals surface area contributed by atoms with Crippen molar-refractivity contribution in [2.75, 3.05) is 17.2 Å². The lowest BCUT2D eigenvalue weighted by molar-refractivity contribution is -0.116. The smallest absolute Gasteiger partial charge is 0.277 e. The first-order valence-corrected chi connectivity index (χ1v) is 10.1. The minimum atomic E-state index is 0.0429. The molecule has 1 amide bonds. The summed E-state index contributed by atoms with van der Waals surface area (Å²) in [4.78, 5) is 14.4. The highest BCUT2D eigenvalue weighted by Gasteiger charge is 2.24. The molecule has 0 aliphatic carbocycles. The zero-order valence-electron chi connectivity index (χ0n) is 15.8. The highest BCUT2D eigenvalue weighted by Crippen LogP contribution is 2.29. The second kappa shape index (κ2) is 8.06. The van der Waals surface area contributed by atoms with Gasteiger partial charge in [0, 0.05) is 12.2 Å². The maximum Gasteiger partial charge on any atom is 0.277 e. The van der Waals surface area contributed by atoms with Gasteiger partial charge in [-0.15, -0.1) is 10.2 Å². The predicted molar refractivity (Wildman–Crippen MR) is 108 cm³/mol. The Hall–Kier alpha value is -2.80. The molecule has 7 heteroatoms. The van der Waals surface area contributed by atoms with Crippen LogP contribution in [0.25, 0.3) is 0 Å². The van der Waals surface area contributed by atoms with Crippen molar-refractivity contribution in [3.63, 3.8) is 0 Å². The average molecular weight is 395 g/mol. The molecule has 4 rings (SSSR count). The van der Waals surface area contributed by atoms with Gasteiger partial charge in [-0.25, -0.2) is 0 Å². The molecule has 2 aromatic carbocycles. The van der Waals surface area contributed by atoms with Crippen LogP contribution in [-0.4, -0.2) is 28.4 Å². The first-order chi connectivity index (χ1) is 13.6. The Morgan fingerprint density at radius 1 is 1.21 bits per heavy atom. The summed E-state index contributed by atoms with van der Waals surface area (Å²) < 4.78 is 11.4. The van der Waals surface area contributed by atoms with Gasteiger partial charge in [0.05, 0.1) is 5.75 Å². The van der Waals surface area contributed by atoms with Gasteiger partial charge in [0.1, 0.15) is 5.75 Å². The van der Waals surface area contributed by atoms with Crippen LogP contribution in [0.3, 0.4) is 0 Å². The highest BCUT2D eigenvalue weighted by molar-refractivity contribution is 7.99. The Labute approximate surface area is 167 Å². The number of aryl methyl sites for hydroxylation is 2. The molecular formula is C21H21N3O3S. The van der Waals surface area contributed by atoms with E-state index in [0.29, 0.717) is 11.1 Å². The van der Waals surface area contributed by atoms with Crippen LogP contribution in [0, 0.1) is 13.8 Å². The van der Waals surface area contributed by atoms with Crippen LogP contribution >= 0.6 is 11.8 Å². The van der Waals surface area contributed by atoms with Crippen molar-refractivity contribution < 1.29 is 13.9 Å². The molecule has 0 saturated carbocycles. The predicted octanol–water partition coefficient (Wildman–Crippen LogP) is 3.95. The lowest BCUT2D eigenvalue weighted by Gasteiger charge is -2.16. The zero-order chi connectivity index (χ0) is 19.5. The number of benzene rings is 2. The van der Waals surface area contributed by atoms with Crippen molar-refractivity contribution in [1.82, 2.24) is 10.2 Å². The summed E-state index contributed by atoms with van der Waals surface area (Å²) in [6.45, 7) is 4.93. The lowest BCUT2D eigenvalue weighted by atomic mass is 10.1. The number of aromatic nitrogens is 2. The zero-order valence-corrected chi connectivity index (χ0v) is 16.7. The fourth-order valence-electron chi connectivity index (χ4n) is 3.16. The maximum atomic E-state index is 12.6. The first kappa shape index (κ1) is 18.6. The standard InChI is InChI=1S/C21H21N3O3S/c1-14-7-8-15(2)18(11-14)26-12-19-22-23-21(27-19)28-13-20(25)24-10-9-16-5-3-4-6-17(16)24/h3-8,11H,9-10,12-13H2,1-2H3. The molecule has 6 nitrogen and oxygen atoms in total. The monoisotopic (exact) mass is 395 g/mol. The first-order valence-electron chi connectivity index (χ1n) is 9.13. The molecule has 0 unspecified atom stereocenters. The van der Waals surface area contributed by atoms with Crippen LogP contribution in [0.5, 0.6) is 5.75 Å². The molecule has 3 aromatic rings. The van der Waals surface area contributed by atoms with Crippen molar-refractivity contribution >= 4 is 23.4 Å². The Morgan fingerprint density at radius 3 is 2.96 bits per heavy atom. The minimum absolute atomic E-state index is 0.0429. The average Bonchev–Trinajstić information content (AvgIpc) is 3.33. The van der Waals surface area contributed by atoms with Gasteiger partial charge in [-0.1, -0.05) is 42.1 Å². The number of thioether (sulfide) groups is 1. The van der Waals surface area contributed by atoms with Gasteiger partial charge in [0.15, 0.2) is 6.61 Å². The van der Waals surface area contributed by atoms with Crippen LogP contribution in [0.1, 0.15) is 22.6 Å². The van der Waals surface area contributed by atoms with Crippen LogP contribution < -0.4 is 9.64 Å². The number of nitrogens with zero attached hydrogens (tertiary/aromatic N) is 3. The number of para-hydroxylation sites is 1. The Bertz CT molecular complexity index is 1000. The summed E-state index contributed by atoms with van der Waals surface area (Å²) in [6, 6.07) is 14.0. The second-order valence-corrected chi connectivity index (χ2v) is 7.66. The molecule has 0 fully saturated rings. The molecule has 1 aromatic heterocycles. The lowest BCUT2D eigenvalue weighted by Crippen LogP contribution is -2.30. The van der Waals surface area contributed by atoms with Gasteiger partial charge in [0.25, 0.3) is 11.1 Å². The molecular weight excluding hydrogens is 374 g/mol. The number of fused-ring (bicyclic) bond motifs is 1. The number of carbonyl (C=O) groups excluding carboxylic acids is 1. The van der Waals surface area contributed by atoms with Gasteiger partial charge in [-0.05, 0) is 49.1 Å². The van der Waals surface area contributed by atoms with Crippen molar-refractivity contribution in [3.8, 4) is 5.75 Å². The van der Waals surface area contributed by atoms with Crippen LogP contribution in [-0.2, 0) is 17.8 Å². The highest BCUT2D eigenvalue weighted by atomic mass is 32.2. The number of hydrogen-bond acceptors (Lipinski definition) is 6. The summed E-state index contributed by atoms with van der Waals surface area (Å²) in [7, 11) is 0.